The van der Waals surface area contributed by atoms with Crippen molar-refractivity contribution in [3.8, 4) is 5.75 Å². The van der Waals surface area contributed by atoms with Gasteiger partial charge in [0.05, 0.1) is 36.5 Å². The zero-order chi connectivity index (χ0) is 26.3. The highest BCUT2D eigenvalue weighted by Gasteiger charge is 2.35. The first-order chi connectivity index (χ1) is 16.3. The molecule has 0 aliphatic heterocycles. The molecule has 13 heteroatoms. The second-order valence-electron chi connectivity index (χ2n) is 7.96. The Bertz CT molecular complexity index is 1000. The summed E-state index contributed by atoms with van der Waals surface area (Å²) in [6.45, 7) is -1.02. The smallest absolute Gasteiger partial charge is 0.419 e. The molecule has 0 bridgehead atoms. The van der Waals surface area contributed by atoms with E-state index in [0.29, 0.717) is 12.1 Å². The lowest BCUT2D eigenvalue weighted by molar-refractivity contribution is -0.140. The summed E-state index contributed by atoms with van der Waals surface area (Å²) in [4.78, 5) is 0. The SMILES string of the molecule is NC(CO)(CCc1ccc(OCCCc2ccc(F)c(C(F)(F)F)c2)c(C(F)(F)F)c1)COP=O. The van der Waals surface area contributed by atoms with E-state index in [0.717, 1.165) is 12.1 Å². The Morgan fingerprint density at radius 3 is 2.11 bits per heavy atom. The molecule has 1 unspecified atom stereocenters. The number of ether oxygens (including phenoxy) is 1. The number of aryl methyl sites for hydroxylation is 2. The lowest BCUT2D eigenvalue weighted by Crippen LogP contribution is -2.47. The minimum Gasteiger partial charge on any atom is -0.493 e. The molecule has 0 heterocycles. The first kappa shape index (κ1) is 29.0. The van der Waals surface area contributed by atoms with Crippen molar-refractivity contribution in [3.05, 3.63) is 64.5 Å². The van der Waals surface area contributed by atoms with E-state index in [4.69, 9.17) is 10.5 Å². The largest absolute Gasteiger partial charge is 0.493 e. The van der Waals surface area contributed by atoms with Gasteiger partial charge in [0.15, 0.2) is 0 Å². The summed E-state index contributed by atoms with van der Waals surface area (Å²) in [6.07, 6.45) is -9.37. The molecule has 0 spiro atoms. The number of hydrogen-bond donors (Lipinski definition) is 2. The third-order valence-corrected chi connectivity index (χ3v) is 5.42. The number of alkyl halides is 6. The molecule has 0 aromatic heterocycles. The van der Waals surface area contributed by atoms with E-state index in [2.05, 4.69) is 4.52 Å². The van der Waals surface area contributed by atoms with Crippen LogP contribution < -0.4 is 10.5 Å². The molecule has 0 aliphatic rings. The fourth-order valence-electron chi connectivity index (χ4n) is 3.23. The maximum absolute atomic E-state index is 13.6. The molecule has 0 saturated carbocycles. The van der Waals surface area contributed by atoms with Gasteiger partial charge in [-0.05, 0) is 61.1 Å². The number of aliphatic hydroxyl groups is 1. The summed E-state index contributed by atoms with van der Waals surface area (Å²) < 4.78 is 113. The Morgan fingerprint density at radius 1 is 0.914 bits per heavy atom. The standard InChI is InChI=1S/C22H23F7NO4P/c23-18-5-3-14(10-16(18)21(24,25)26)2-1-9-33-19-6-4-15(11-17(19)22(27,28)29)7-8-20(30,12-31)13-34-35-32/h3-6,10-11,31H,1-2,7-9,12-13,30H2. The maximum Gasteiger partial charge on any atom is 0.419 e. The van der Waals surface area contributed by atoms with Crippen molar-refractivity contribution < 1.29 is 49.7 Å². The topological polar surface area (TPSA) is 81.8 Å². The van der Waals surface area contributed by atoms with Crippen LogP contribution in [0.15, 0.2) is 36.4 Å². The first-order valence-electron chi connectivity index (χ1n) is 10.3. The molecule has 0 amide bonds. The van der Waals surface area contributed by atoms with Crippen LogP contribution in [0.25, 0.3) is 0 Å². The van der Waals surface area contributed by atoms with Crippen LogP contribution >= 0.6 is 8.69 Å². The van der Waals surface area contributed by atoms with Crippen LogP contribution in [0.4, 0.5) is 30.7 Å². The lowest BCUT2D eigenvalue weighted by Gasteiger charge is -2.25. The summed E-state index contributed by atoms with van der Waals surface area (Å²) in [7, 11) is -0.641. The van der Waals surface area contributed by atoms with Crippen molar-refractivity contribution in [2.45, 2.75) is 43.6 Å². The number of nitrogens with two attached hydrogens (primary N) is 1. The van der Waals surface area contributed by atoms with Crippen molar-refractivity contribution >= 4 is 8.69 Å². The van der Waals surface area contributed by atoms with Crippen LogP contribution in [-0.4, -0.2) is 30.5 Å². The molecule has 194 valence electrons. The Labute approximate surface area is 198 Å². The van der Waals surface area contributed by atoms with Gasteiger partial charge in [-0.15, -0.1) is 0 Å². The van der Waals surface area contributed by atoms with Crippen molar-refractivity contribution in [1.29, 1.82) is 0 Å². The van der Waals surface area contributed by atoms with Gasteiger partial charge in [0.2, 0.25) is 0 Å². The summed E-state index contributed by atoms with van der Waals surface area (Å²) in [5.41, 5.74) is 2.59. The van der Waals surface area contributed by atoms with E-state index < -0.39 is 55.9 Å². The van der Waals surface area contributed by atoms with Gasteiger partial charge >= 0.3 is 21.0 Å². The van der Waals surface area contributed by atoms with Gasteiger partial charge in [-0.1, -0.05) is 12.1 Å². The normalized spacial score (nSPS) is 14.2. The molecular formula is C22H23F7NO4P. The number of aliphatic hydroxyl groups excluding tert-OH is 1. The maximum atomic E-state index is 13.6. The van der Waals surface area contributed by atoms with E-state index >= 15 is 0 Å². The van der Waals surface area contributed by atoms with E-state index in [9.17, 15) is 40.4 Å². The Balaban J connectivity index is 2.04. The average molecular weight is 529 g/mol. The summed E-state index contributed by atoms with van der Waals surface area (Å²) in [5.74, 6) is -1.86. The molecule has 0 aliphatic carbocycles. The second kappa shape index (κ2) is 12.1. The van der Waals surface area contributed by atoms with E-state index in [1.165, 1.54) is 12.1 Å². The highest BCUT2D eigenvalue weighted by atomic mass is 31.1. The number of hydrogen-bond acceptors (Lipinski definition) is 5. The molecule has 0 radical (unpaired) electrons. The number of rotatable bonds is 12. The lowest BCUT2D eigenvalue weighted by atomic mass is 9.93. The molecule has 3 N–H and O–H groups in total. The zero-order valence-corrected chi connectivity index (χ0v) is 19.2. The number of benzene rings is 2. The molecule has 0 fully saturated rings. The molecular weight excluding hydrogens is 506 g/mol. The summed E-state index contributed by atoms with van der Waals surface area (Å²) >= 11 is 0. The van der Waals surface area contributed by atoms with Gasteiger partial charge < -0.3 is 15.6 Å². The highest BCUT2D eigenvalue weighted by Crippen LogP contribution is 2.37. The molecule has 35 heavy (non-hydrogen) atoms. The quantitative estimate of drug-likeness (QED) is 0.209. The van der Waals surface area contributed by atoms with Crippen molar-refractivity contribution in [2.75, 3.05) is 19.8 Å². The summed E-state index contributed by atoms with van der Waals surface area (Å²) in [6, 6.07) is 5.93. The van der Waals surface area contributed by atoms with Gasteiger partial charge in [0.25, 0.3) is 0 Å². The predicted molar refractivity (Wildman–Crippen MR) is 113 cm³/mol. The second-order valence-corrected chi connectivity index (χ2v) is 8.37. The van der Waals surface area contributed by atoms with Crippen LogP contribution in [0.3, 0.4) is 0 Å². The van der Waals surface area contributed by atoms with Gasteiger partial charge in [0.1, 0.15) is 11.6 Å². The average Bonchev–Trinajstić information content (AvgIpc) is 2.79. The Morgan fingerprint density at radius 2 is 1.51 bits per heavy atom. The third-order valence-electron chi connectivity index (χ3n) is 5.18. The van der Waals surface area contributed by atoms with Crippen molar-refractivity contribution in [3.63, 3.8) is 0 Å². The molecule has 2 rings (SSSR count). The van der Waals surface area contributed by atoms with Crippen LogP contribution in [0.5, 0.6) is 5.75 Å². The van der Waals surface area contributed by atoms with Crippen LogP contribution in [0.1, 0.15) is 35.1 Å². The van der Waals surface area contributed by atoms with Crippen LogP contribution in [0, 0.1) is 5.82 Å². The highest BCUT2D eigenvalue weighted by molar-refractivity contribution is 7.17. The van der Waals surface area contributed by atoms with Gasteiger partial charge in [-0.2, -0.15) is 26.3 Å². The first-order valence-corrected chi connectivity index (χ1v) is 11.0. The van der Waals surface area contributed by atoms with E-state index in [1.54, 1.807) is 0 Å². The predicted octanol–water partition coefficient (Wildman–Crippen LogP) is 5.72. The Hall–Kier alpha value is -2.27. The monoisotopic (exact) mass is 529 g/mol. The molecule has 2 aromatic carbocycles. The minimum atomic E-state index is -4.86. The minimum absolute atomic E-state index is 0.0351. The van der Waals surface area contributed by atoms with Crippen molar-refractivity contribution in [2.24, 2.45) is 5.73 Å². The molecule has 5 nitrogen and oxygen atoms in total. The molecule has 0 saturated heterocycles. The van der Waals surface area contributed by atoms with E-state index in [-0.39, 0.29) is 50.0 Å². The Kier molecular flexibility index (Phi) is 10.0. The van der Waals surface area contributed by atoms with Crippen LogP contribution in [-0.2, 0) is 34.3 Å². The van der Waals surface area contributed by atoms with Gasteiger partial charge in [-0.25, -0.2) is 8.96 Å². The summed E-state index contributed by atoms with van der Waals surface area (Å²) in [5, 5.41) is 9.40. The fraction of sp³-hybridized carbons (Fsp3) is 0.455. The van der Waals surface area contributed by atoms with Gasteiger partial charge in [-0.3, -0.25) is 4.52 Å². The molecule has 2 aromatic rings. The molecule has 1 atom stereocenters. The third kappa shape index (κ3) is 8.71. The fourth-order valence-corrected chi connectivity index (χ4v) is 3.54. The van der Waals surface area contributed by atoms with Crippen LogP contribution in [0.2, 0.25) is 0 Å². The zero-order valence-electron chi connectivity index (χ0n) is 18.3. The van der Waals surface area contributed by atoms with Crippen molar-refractivity contribution in [1.82, 2.24) is 0 Å². The van der Waals surface area contributed by atoms with Gasteiger partial charge in [0, 0.05) is 0 Å². The van der Waals surface area contributed by atoms with E-state index in [1.807, 2.05) is 0 Å². The number of halogens is 7.